The van der Waals surface area contributed by atoms with Crippen molar-refractivity contribution in [1.29, 1.82) is 0 Å². The van der Waals surface area contributed by atoms with Crippen LogP contribution in [0.2, 0.25) is 0 Å². The van der Waals surface area contributed by atoms with Gasteiger partial charge in [-0.15, -0.1) is 0 Å². The maximum absolute atomic E-state index is 11.4. The Morgan fingerprint density at radius 1 is 0.366 bits per heavy atom. The molecule has 101 heavy (non-hydrogen) atoms. The van der Waals surface area contributed by atoms with E-state index in [1.807, 2.05) is 24.3 Å². The molecule has 10 unspecified atom stereocenters. The molecular formula is C71H76N6O24. The fourth-order valence-corrected chi connectivity index (χ4v) is 14.5. The van der Waals surface area contributed by atoms with Gasteiger partial charge in [-0.1, -0.05) is 146 Å². The van der Waals surface area contributed by atoms with Crippen molar-refractivity contribution in [2.24, 2.45) is 46.2 Å². The van der Waals surface area contributed by atoms with Crippen LogP contribution in [0.5, 0.6) is 0 Å². The molecule has 24 N–H and O–H groups in total. The maximum atomic E-state index is 11.4. The Kier molecular flexibility index (Phi) is 23.9. The first-order chi connectivity index (χ1) is 47.4. The highest BCUT2D eigenvalue weighted by Crippen LogP contribution is 2.48. The number of hydrogen-bond acceptors (Lipinski definition) is 18. The predicted molar refractivity (Wildman–Crippen MR) is 353 cm³/mol. The SMILES string of the molecule is NC(C(=O)O)C1CC(C(=O)O)c2ccccc21.NC(C(=O)O)C1c2ccccc2CC1CC(=O)O.NC1(C(=O)O)CC(CC(=O)O)c2ccccc21.NC1(C(=O)O)c2ccccc2CC1CC(=O)O.N[C@@]1(C(=O)O)C[C@H](C(=O)O)c2ccccc21.N[C@]1(C(=O)O)C[C@H](C(=O)O)c2ccccc21. The molecule has 6 aliphatic carbocycles. The van der Waals surface area contributed by atoms with Crippen LogP contribution in [0.25, 0.3) is 0 Å². The number of carboxylic acids is 12. The average molecular weight is 1400 g/mol. The van der Waals surface area contributed by atoms with Crippen molar-refractivity contribution in [2.75, 3.05) is 0 Å². The van der Waals surface area contributed by atoms with Crippen LogP contribution in [-0.2, 0) is 92.5 Å². The van der Waals surface area contributed by atoms with E-state index >= 15 is 0 Å². The van der Waals surface area contributed by atoms with Crippen molar-refractivity contribution in [2.45, 2.75) is 128 Å². The summed E-state index contributed by atoms with van der Waals surface area (Å²) >= 11 is 0. The van der Waals surface area contributed by atoms with Gasteiger partial charge in [0.2, 0.25) is 0 Å². The van der Waals surface area contributed by atoms with Crippen molar-refractivity contribution in [3.8, 4) is 0 Å². The second kappa shape index (κ2) is 31.3. The molecule has 6 aromatic rings. The second-order valence-corrected chi connectivity index (χ2v) is 25.5. The van der Waals surface area contributed by atoms with Gasteiger partial charge in [0.1, 0.15) is 34.2 Å². The van der Waals surface area contributed by atoms with Crippen molar-refractivity contribution < 1.29 is 119 Å². The Balaban J connectivity index is 0.000000170. The third kappa shape index (κ3) is 16.1. The largest absolute Gasteiger partial charge is 0.481 e. The van der Waals surface area contributed by atoms with E-state index in [2.05, 4.69) is 0 Å². The molecule has 0 saturated carbocycles. The predicted octanol–water partition coefficient (Wildman–Crippen LogP) is 4.04. The molecule has 0 spiro atoms. The van der Waals surface area contributed by atoms with Crippen molar-refractivity contribution in [3.63, 3.8) is 0 Å². The van der Waals surface area contributed by atoms with E-state index in [1.165, 1.54) is 0 Å². The van der Waals surface area contributed by atoms with Crippen LogP contribution in [0.15, 0.2) is 146 Å². The third-order valence-corrected chi connectivity index (χ3v) is 19.4. The molecule has 0 bridgehead atoms. The minimum atomic E-state index is -1.59. The fourth-order valence-electron chi connectivity index (χ4n) is 14.5. The number of aliphatic carboxylic acids is 12. The summed E-state index contributed by atoms with van der Waals surface area (Å²) in [5.74, 6) is -17.1. The van der Waals surface area contributed by atoms with E-state index in [9.17, 15) is 67.7 Å². The van der Waals surface area contributed by atoms with Gasteiger partial charge in [0.05, 0.1) is 30.6 Å². The summed E-state index contributed by atoms with van der Waals surface area (Å²) in [5, 5.41) is 108. The Morgan fingerprint density at radius 3 is 1.15 bits per heavy atom. The molecular weight excluding hydrogens is 1320 g/mol. The van der Waals surface area contributed by atoms with Gasteiger partial charge >= 0.3 is 71.6 Å². The zero-order valence-corrected chi connectivity index (χ0v) is 53.7. The summed E-state index contributed by atoms with van der Waals surface area (Å²) in [6.45, 7) is 0. The molecule has 14 atom stereocenters. The van der Waals surface area contributed by atoms with E-state index in [1.54, 1.807) is 121 Å². The smallest absolute Gasteiger partial charge is 0.328 e. The summed E-state index contributed by atoms with van der Waals surface area (Å²) in [7, 11) is 0. The minimum Gasteiger partial charge on any atom is -0.481 e. The second-order valence-electron chi connectivity index (χ2n) is 25.5. The molecule has 0 aromatic heterocycles. The highest BCUT2D eigenvalue weighted by molar-refractivity contribution is 5.90. The zero-order valence-electron chi connectivity index (χ0n) is 53.7. The lowest BCUT2D eigenvalue weighted by molar-refractivity contribution is -0.148. The highest BCUT2D eigenvalue weighted by Gasteiger charge is 2.53. The summed E-state index contributed by atoms with van der Waals surface area (Å²) in [4.78, 5) is 132. The third-order valence-electron chi connectivity index (χ3n) is 19.4. The van der Waals surface area contributed by atoms with Gasteiger partial charge in [-0.25, -0.2) is 19.2 Å². The molecule has 6 aromatic carbocycles. The normalized spacial score (nSPS) is 25.8. The first kappa shape index (κ1) is 77.1. The molecule has 6 aliphatic rings. The molecule has 0 aliphatic heterocycles. The number of benzene rings is 6. The summed E-state index contributed by atoms with van der Waals surface area (Å²) in [6, 6.07) is 39.2. The Hall–Kier alpha value is -11.3. The standard InChI is InChI=1S/C13H15NO4.3C12H13NO4.2C11H11NO4/c14-12(13(17)18)11-8(6-10(15)16)5-7-3-1-2-4-9(7)11;13-12(11(16)17)6-7(5-10(14)15)8-3-1-2-4-9(8)12;13-12(11(16)17)8(6-10(14)15)5-7-3-1-2-4-9(7)12;13-10(12(16)17)8-5-9(11(14)15)7-4-2-1-3-6(7)8;2*12-11(10(15)16)5-7(9(13)14)6-3-1-2-4-8(6)11/h1-4,8,11-12H,5-6,14H2,(H,15,16)(H,17,18);1-4,7H,5-6,13H2,(H,14,15)(H,16,17);1-4,8H,5-6,13H2,(H,14,15)(H,16,17);1-4,8-10H,5,13H2,(H,14,15)(H,16,17);2*1-4,7H,5,12H2,(H,13,14)(H,15,16)/t;;;;7-,11+;7-,11-/m....00/s1. The number of carboxylic acid groups (broad SMARTS) is 12. The lowest BCUT2D eigenvalue weighted by atomic mass is 9.82. The van der Waals surface area contributed by atoms with Crippen LogP contribution in [0.1, 0.15) is 147 Å². The average Bonchev–Trinajstić information content (AvgIpc) is 1.63. The summed E-state index contributed by atoms with van der Waals surface area (Å²) in [5.41, 5.74) is 36.2. The van der Waals surface area contributed by atoms with Crippen LogP contribution >= 0.6 is 0 Å². The number of nitrogens with two attached hydrogens (primary N) is 6. The van der Waals surface area contributed by atoms with Gasteiger partial charge in [-0.05, 0) is 117 Å². The minimum absolute atomic E-state index is 0.0552. The van der Waals surface area contributed by atoms with Gasteiger partial charge in [-0.3, -0.25) is 38.4 Å². The van der Waals surface area contributed by atoms with E-state index in [4.69, 9.17) is 85.5 Å². The van der Waals surface area contributed by atoms with Crippen molar-refractivity contribution in [3.05, 3.63) is 212 Å². The molecule has 0 saturated heterocycles. The zero-order chi connectivity index (χ0) is 75.0. The van der Waals surface area contributed by atoms with Gasteiger partial charge < -0.3 is 95.7 Å². The van der Waals surface area contributed by atoms with E-state index in [0.29, 0.717) is 51.8 Å². The number of fused-ring (bicyclic) bond motifs is 6. The number of carbonyl (C=O) groups is 12. The first-order valence-electron chi connectivity index (χ1n) is 31.3. The lowest BCUT2D eigenvalue weighted by Crippen LogP contribution is -2.49. The number of hydrogen-bond donors (Lipinski definition) is 18. The molecule has 0 radical (unpaired) electrons. The van der Waals surface area contributed by atoms with Crippen LogP contribution < -0.4 is 34.4 Å². The van der Waals surface area contributed by atoms with Gasteiger partial charge in [-0.2, -0.15) is 0 Å². The van der Waals surface area contributed by atoms with E-state index in [-0.39, 0.29) is 56.8 Å². The Labute approximate surface area is 574 Å². The maximum Gasteiger partial charge on any atom is 0.328 e. The molecule has 12 rings (SSSR count). The topological polar surface area (TPSA) is 604 Å². The quantitative estimate of drug-likeness (QED) is 0.0612. The molecule has 30 heteroatoms. The van der Waals surface area contributed by atoms with Crippen molar-refractivity contribution >= 4 is 71.6 Å². The van der Waals surface area contributed by atoms with Crippen LogP contribution in [0, 0.1) is 11.8 Å². The van der Waals surface area contributed by atoms with Gasteiger partial charge in [0, 0.05) is 24.2 Å². The van der Waals surface area contributed by atoms with Crippen LogP contribution in [-0.4, -0.2) is 145 Å². The summed E-state index contributed by atoms with van der Waals surface area (Å²) < 4.78 is 0. The summed E-state index contributed by atoms with van der Waals surface area (Å²) in [6.07, 6.45) is 0.768. The molecule has 0 heterocycles. The Bertz CT molecular complexity index is 4150. The molecule has 534 valence electrons. The van der Waals surface area contributed by atoms with Crippen molar-refractivity contribution in [1.82, 2.24) is 0 Å². The van der Waals surface area contributed by atoms with E-state index in [0.717, 1.165) is 27.8 Å². The van der Waals surface area contributed by atoms with Gasteiger partial charge in [0.15, 0.2) is 0 Å². The number of rotatable bonds is 17. The molecule has 30 nitrogen and oxygen atoms in total. The van der Waals surface area contributed by atoms with Gasteiger partial charge in [0.25, 0.3) is 0 Å². The Morgan fingerprint density at radius 2 is 0.733 bits per heavy atom. The first-order valence-corrected chi connectivity index (χ1v) is 31.3. The highest BCUT2D eigenvalue weighted by atomic mass is 16.4. The van der Waals surface area contributed by atoms with Crippen LogP contribution in [0.3, 0.4) is 0 Å². The molecule has 0 fully saturated rings. The lowest BCUT2D eigenvalue weighted by Gasteiger charge is -2.26. The van der Waals surface area contributed by atoms with E-state index < -0.39 is 141 Å². The molecule has 0 amide bonds. The fraction of sp³-hybridized carbons (Fsp3) is 0.324. The van der Waals surface area contributed by atoms with Crippen LogP contribution in [0.4, 0.5) is 0 Å². The monoisotopic (exact) mass is 1400 g/mol.